The number of hydrogen-bond acceptors (Lipinski definition) is 12. The molecule has 0 aliphatic carbocycles. The molecule has 8 N–H and O–H groups in total. The number of nitroso groups, excluding NO2 is 1. The molecular formula is C32H58N8O6. The summed E-state index contributed by atoms with van der Waals surface area (Å²) in [6.07, 6.45) is 4.57. The van der Waals surface area contributed by atoms with Crippen molar-refractivity contribution < 1.29 is 24.6 Å². The van der Waals surface area contributed by atoms with E-state index in [1.807, 2.05) is 6.92 Å². The number of aldehydes is 1. The van der Waals surface area contributed by atoms with Gasteiger partial charge >= 0.3 is 0 Å². The van der Waals surface area contributed by atoms with E-state index in [2.05, 4.69) is 51.4 Å². The van der Waals surface area contributed by atoms with E-state index in [1.165, 1.54) is 0 Å². The Labute approximate surface area is 274 Å². The summed E-state index contributed by atoms with van der Waals surface area (Å²) < 4.78 is 0. The normalized spacial score (nSPS) is 17.2. The van der Waals surface area contributed by atoms with Crippen LogP contribution in [0.2, 0.25) is 0 Å². The van der Waals surface area contributed by atoms with Crippen molar-refractivity contribution in [3.05, 3.63) is 39.2 Å². The summed E-state index contributed by atoms with van der Waals surface area (Å²) in [7, 11) is 2.09. The van der Waals surface area contributed by atoms with E-state index in [1.54, 1.807) is 19.9 Å². The first-order valence-electron chi connectivity index (χ1n) is 16.2. The summed E-state index contributed by atoms with van der Waals surface area (Å²) in [5.74, 6) is -1.07. The topological polar surface area (TPSA) is 207 Å². The molecule has 262 valence electrons. The maximum Gasteiger partial charge on any atom is 0.271 e. The zero-order valence-corrected chi connectivity index (χ0v) is 28.6. The number of nitrogens with one attached hydrogen (secondary N) is 2. The Morgan fingerprint density at radius 3 is 2.33 bits per heavy atom. The average Bonchev–Trinajstić information content (AvgIpc) is 3.05. The van der Waals surface area contributed by atoms with Crippen LogP contribution in [-0.2, 0) is 14.4 Å². The monoisotopic (exact) mass is 650 g/mol. The predicted molar refractivity (Wildman–Crippen MR) is 180 cm³/mol. The fraction of sp³-hybridized carbons (Fsp3) is 0.719. The molecule has 0 aromatic carbocycles. The second kappa shape index (κ2) is 21.6. The standard InChI is InChI=1S/C32H58N8O6/c1-7-22(3)17-40(19-29(44)36-30(31(33)34)32(45)35-16-24(5)37-46)14-13-38(6)26-9-11-39(12-10-26)18-25(8-2)27(28(43)21-42)15-23(4)20-41/h15,21-22,24,26,28,41,43H,7-14,16-20,33-34H2,1-6H3,(H,35,45)(H,36,44)/b23-15+,27-25-. The molecule has 1 rings (SSSR count). The van der Waals surface area contributed by atoms with Crippen LogP contribution in [0.3, 0.4) is 0 Å². The van der Waals surface area contributed by atoms with Gasteiger partial charge in [-0.3, -0.25) is 19.4 Å². The minimum Gasteiger partial charge on any atom is -0.392 e. The third-order valence-corrected chi connectivity index (χ3v) is 8.45. The van der Waals surface area contributed by atoms with Crippen molar-refractivity contribution in [2.75, 3.05) is 66.0 Å². The van der Waals surface area contributed by atoms with Gasteiger partial charge in [0.25, 0.3) is 5.91 Å². The number of carbonyl (C=O) groups is 3. The molecule has 0 bridgehead atoms. The van der Waals surface area contributed by atoms with Crippen molar-refractivity contribution in [1.82, 2.24) is 25.3 Å². The van der Waals surface area contributed by atoms with Gasteiger partial charge in [-0.05, 0) is 70.3 Å². The van der Waals surface area contributed by atoms with Crippen LogP contribution in [0, 0.1) is 10.8 Å². The number of rotatable bonds is 21. The van der Waals surface area contributed by atoms with Crippen molar-refractivity contribution in [3.8, 4) is 0 Å². The second-order valence-corrected chi connectivity index (χ2v) is 12.4. The maximum atomic E-state index is 13.0. The molecule has 46 heavy (non-hydrogen) atoms. The van der Waals surface area contributed by atoms with E-state index < -0.39 is 24.0 Å². The van der Waals surface area contributed by atoms with Crippen molar-refractivity contribution >= 4 is 18.1 Å². The van der Waals surface area contributed by atoms with E-state index in [9.17, 15) is 29.5 Å². The molecule has 2 amide bonds. The van der Waals surface area contributed by atoms with Gasteiger partial charge in [-0.15, -0.1) is 0 Å². The number of carbonyl (C=O) groups excluding carboxylic acids is 3. The molecular weight excluding hydrogens is 592 g/mol. The lowest BCUT2D eigenvalue weighted by Gasteiger charge is -2.38. The first-order valence-corrected chi connectivity index (χ1v) is 16.2. The van der Waals surface area contributed by atoms with Gasteiger partial charge in [0.1, 0.15) is 23.7 Å². The largest absolute Gasteiger partial charge is 0.392 e. The number of nitrogens with two attached hydrogens (primary N) is 2. The Hall–Kier alpha value is -3.17. The van der Waals surface area contributed by atoms with Crippen molar-refractivity contribution in [1.29, 1.82) is 0 Å². The maximum absolute atomic E-state index is 13.0. The molecule has 1 aliphatic heterocycles. The van der Waals surface area contributed by atoms with Gasteiger partial charge in [-0.1, -0.05) is 44.0 Å². The number of hydrogen-bond donors (Lipinski definition) is 6. The minimum absolute atomic E-state index is 0.0111. The second-order valence-electron chi connectivity index (χ2n) is 12.4. The summed E-state index contributed by atoms with van der Waals surface area (Å²) in [6.45, 7) is 13.9. The highest BCUT2D eigenvalue weighted by molar-refractivity contribution is 5.98. The molecule has 0 aromatic heterocycles. The third kappa shape index (κ3) is 14.5. The molecule has 0 saturated carbocycles. The SMILES string of the molecule is CC/C(CN1CCC(N(C)CCN(CC(=O)NC(C(=O)NCC(C)N=O)=C(N)N)CC(C)CC)CC1)=C(\C=C(/C)CO)C(O)C=O. The Bertz CT molecular complexity index is 1080. The van der Waals surface area contributed by atoms with E-state index in [0.717, 1.165) is 44.5 Å². The Balaban J connectivity index is 2.82. The van der Waals surface area contributed by atoms with Crippen LogP contribution in [0.15, 0.2) is 39.5 Å². The number of likely N-dealkylation sites (tertiary alicyclic amines) is 1. The number of amides is 2. The molecule has 14 nitrogen and oxygen atoms in total. The highest BCUT2D eigenvalue weighted by Crippen LogP contribution is 2.21. The fourth-order valence-corrected chi connectivity index (χ4v) is 5.27. The van der Waals surface area contributed by atoms with E-state index >= 15 is 0 Å². The zero-order valence-electron chi connectivity index (χ0n) is 28.6. The van der Waals surface area contributed by atoms with E-state index in [0.29, 0.717) is 55.4 Å². The molecule has 1 heterocycles. The molecule has 0 spiro atoms. The number of piperidine rings is 1. The predicted octanol–water partition coefficient (Wildman–Crippen LogP) is 0.410. The number of aliphatic hydroxyl groups is 2. The average molecular weight is 651 g/mol. The Kier molecular flexibility index (Phi) is 19.2. The van der Waals surface area contributed by atoms with Crippen LogP contribution in [0.25, 0.3) is 0 Å². The van der Waals surface area contributed by atoms with Crippen LogP contribution in [0.5, 0.6) is 0 Å². The van der Waals surface area contributed by atoms with Crippen LogP contribution in [0.1, 0.15) is 60.3 Å². The molecule has 3 atom stereocenters. The first kappa shape index (κ1) is 40.9. The summed E-state index contributed by atoms with van der Waals surface area (Å²) in [5, 5.41) is 27.7. The lowest BCUT2D eigenvalue weighted by molar-refractivity contribution is -0.124. The van der Waals surface area contributed by atoms with E-state index in [4.69, 9.17) is 11.5 Å². The van der Waals surface area contributed by atoms with Crippen LogP contribution < -0.4 is 22.1 Å². The molecule has 0 aromatic rings. The van der Waals surface area contributed by atoms with Gasteiger partial charge in [0, 0.05) is 38.8 Å². The first-order chi connectivity index (χ1) is 21.8. The van der Waals surface area contributed by atoms with E-state index in [-0.39, 0.29) is 31.2 Å². The molecule has 0 radical (unpaired) electrons. The lowest BCUT2D eigenvalue weighted by atomic mass is 9.96. The van der Waals surface area contributed by atoms with Crippen molar-refractivity contribution in [2.45, 2.75) is 78.5 Å². The Morgan fingerprint density at radius 1 is 1.15 bits per heavy atom. The van der Waals surface area contributed by atoms with Gasteiger partial charge < -0.3 is 42.0 Å². The minimum atomic E-state index is -1.22. The lowest BCUT2D eigenvalue weighted by Crippen LogP contribution is -2.48. The molecule has 1 aliphatic rings. The molecule has 14 heteroatoms. The van der Waals surface area contributed by atoms with Crippen LogP contribution >= 0.6 is 0 Å². The quantitative estimate of drug-likeness (QED) is 0.0434. The highest BCUT2D eigenvalue weighted by Gasteiger charge is 2.25. The third-order valence-electron chi connectivity index (χ3n) is 8.45. The highest BCUT2D eigenvalue weighted by atomic mass is 16.3. The van der Waals surface area contributed by atoms with Gasteiger partial charge in [0.2, 0.25) is 5.91 Å². The Morgan fingerprint density at radius 2 is 1.80 bits per heavy atom. The zero-order chi connectivity index (χ0) is 34.8. The summed E-state index contributed by atoms with van der Waals surface area (Å²) in [6, 6.07) is -0.278. The summed E-state index contributed by atoms with van der Waals surface area (Å²) in [5.41, 5.74) is 13.3. The van der Waals surface area contributed by atoms with Crippen molar-refractivity contribution in [3.63, 3.8) is 0 Å². The van der Waals surface area contributed by atoms with Gasteiger partial charge in [0.05, 0.1) is 13.2 Å². The van der Waals surface area contributed by atoms with Gasteiger partial charge in [-0.25, -0.2) is 0 Å². The number of nitrogens with zero attached hydrogens (tertiary/aromatic N) is 4. The molecule has 1 fully saturated rings. The fourth-order valence-electron chi connectivity index (χ4n) is 5.27. The van der Waals surface area contributed by atoms with Crippen LogP contribution in [0.4, 0.5) is 0 Å². The van der Waals surface area contributed by atoms with Crippen LogP contribution in [-0.4, -0.2) is 127 Å². The summed E-state index contributed by atoms with van der Waals surface area (Å²) in [4.78, 5) is 54.3. The van der Waals surface area contributed by atoms with Gasteiger partial charge in [-0.2, -0.15) is 4.91 Å². The molecule has 1 saturated heterocycles. The molecule has 3 unspecified atom stereocenters. The summed E-state index contributed by atoms with van der Waals surface area (Å²) >= 11 is 0. The smallest absolute Gasteiger partial charge is 0.271 e. The van der Waals surface area contributed by atoms with Gasteiger partial charge in [0.15, 0.2) is 6.29 Å². The number of aliphatic hydroxyl groups excluding tert-OH is 2. The van der Waals surface area contributed by atoms with Crippen molar-refractivity contribution in [2.24, 2.45) is 22.6 Å². The number of likely N-dealkylation sites (N-methyl/N-ethyl adjacent to an activating group) is 1.